The van der Waals surface area contributed by atoms with E-state index in [2.05, 4.69) is 27.8 Å². The van der Waals surface area contributed by atoms with Gasteiger partial charge in [0.15, 0.2) is 0 Å². The van der Waals surface area contributed by atoms with Crippen molar-refractivity contribution in [3.63, 3.8) is 0 Å². The maximum Gasteiger partial charge on any atom is 0.0777 e. The molecule has 2 rings (SSSR count). The third kappa shape index (κ3) is 3.49. The molecular formula is C15H28BrNO. The SMILES string of the molecule is COC1(C)CCCN(CC2(CBr)CCCCC2)C1. The summed E-state index contributed by atoms with van der Waals surface area (Å²) in [4.78, 5) is 2.65. The first-order chi connectivity index (χ1) is 8.61. The number of piperidine rings is 1. The van der Waals surface area contributed by atoms with E-state index in [1.807, 2.05) is 7.11 Å². The van der Waals surface area contributed by atoms with Crippen LogP contribution in [-0.4, -0.2) is 42.6 Å². The van der Waals surface area contributed by atoms with Crippen molar-refractivity contribution in [1.82, 2.24) is 4.90 Å². The van der Waals surface area contributed by atoms with Crippen LogP contribution in [0.4, 0.5) is 0 Å². The van der Waals surface area contributed by atoms with Crippen LogP contribution in [0, 0.1) is 5.41 Å². The molecule has 0 bridgehead atoms. The van der Waals surface area contributed by atoms with E-state index in [1.54, 1.807) is 0 Å². The second-order valence-electron chi connectivity index (χ2n) is 6.66. The number of alkyl halides is 1. The molecule has 0 aromatic heterocycles. The van der Waals surface area contributed by atoms with Gasteiger partial charge in [-0.3, -0.25) is 4.90 Å². The van der Waals surface area contributed by atoms with Crippen LogP contribution < -0.4 is 0 Å². The summed E-state index contributed by atoms with van der Waals surface area (Å²) in [5.74, 6) is 0. The van der Waals surface area contributed by atoms with Crippen LogP contribution in [0.15, 0.2) is 0 Å². The zero-order valence-corrected chi connectivity index (χ0v) is 13.6. The predicted octanol–water partition coefficient (Wildman–Crippen LogP) is 3.83. The normalized spacial score (nSPS) is 33.5. The van der Waals surface area contributed by atoms with E-state index in [1.165, 1.54) is 63.4 Å². The van der Waals surface area contributed by atoms with Crippen molar-refractivity contribution in [3.05, 3.63) is 0 Å². The third-order valence-electron chi connectivity index (χ3n) is 4.99. The van der Waals surface area contributed by atoms with Crippen LogP contribution in [-0.2, 0) is 4.74 Å². The molecular weight excluding hydrogens is 290 g/mol. The van der Waals surface area contributed by atoms with Crippen molar-refractivity contribution in [2.45, 2.75) is 57.5 Å². The van der Waals surface area contributed by atoms with Crippen molar-refractivity contribution in [1.29, 1.82) is 0 Å². The van der Waals surface area contributed by atoms with Gasteiger partial charge in [0, 0.05) is 25.5 Å². The summed E-state index contributed by atoms with van der Waals surface area (Å²) < 4.78 is 5.71. The highest BCUT2D eigenvalue weighted by molar-refractivity contribution is 9.09. The number of hydrogen-bond donors (Lipinski definition) is 0. The lowest BCUT2D eigenvalue weighted by atomic mass is 9.75. The Hall–Kier alpha value is 0.400. The zero-order valence-electron chi connectivity index (χ0n) is 12.0. The molecule has 106 valence electrons. The molecule has 1 unspecified atom stereocenters. The summed E-state index contributed by atoms with van der Waals surface area (Å²) in [6.45, 7) is 5.89. The number of hydrogen-bond acceptors (Lipinski definition) is 2. The number of halogens is 1. The summed E-state index contributed by atoms with van der Waals surface area (Å²) in [7, 11) is 1.87. The van der Waals surface area contributed by atoms with Gasteiger partial charge in [-0.25, -0.2) is 0 Å². The fourth-order valence-electron chi connectivity index (χ4n) is 3.72. The molecule has 1 aliphatic heterocycles. The number of nitrogens with zero attached hydrogens (tertiary/aromatic N) is 1. The molecule has 1 atom stereocenters. The molecule has 1 saturated heterocycles. The smallest absolute Gasteiger partial charge is 0.0777 e. The molecule has 1 aliphatic carbocycles. The highest BCUT2D eigenvalue weighted by Crippen LogP contribution is 2.39. The second kappa shape index (κ2) is 6.23. The summed E-state index contributed by atoms with van der Waals surface area (Å²) in [5.41, 5.74) is 0.616. The Morgan fingerprint density at radius 1 is 1.11 bits per heavy atom. The quantitative estimate of drug-likeness (QED) is 0.731. The number of likely N-dealkylation sites (tertiary alicyclic amines) is 1. The van der Waals surface area contributed by atoms with Gasteiger partial charge in [0.2, 0.25) is 0 Å². The minimum atomic E-state index is 0.0837. The van der Waals surface area contributed by atoms with E-state index in [9.17, 15) is 0 Å². The summed E-state index contributed by atoms with van der Waals surface area (Å²) in [6.07, 6.45) is 9.56. The molecule has 2 fully saturated rings. The number of ether oxygens (including phenoxy) is 1. The van der Waals surface area contributed by atoms with Gasteiger partial charge in [-0.05, 0) is 44.6 Å². The maximum absolute atomic E-state index is 5.71. The van der Waals surface area contributed by atoms with Crippen molar-refractivity contribution in [3.8, 4) is 0 Å². The lowest BCUT2D eigenvalue weighted by Gasteiger charge is -2.45. The standard InChI is InChI=1S/C15H28BrNO/c1-14(18-2)7-6-10-17(12-14)13-15(11-16)8-4-3-5-9-15/h3-13H2,1-2H3. The molecule has 1 heterocycles. The Morgan fingerprint density at radius 3 is 2.44 bits per heavy atom. The van der Waals surface area contributed by atoms with Gasteiger partial charge in [-0.2, -0.15) is 0 Å². The van der Waals surface area contributed by atoms with E-state index in [4.69, 9.17) is 4.74 Å². The van der Waals surface area contributed by atoms with Gasteiger partial charge >= 0.3 is 0 Å². The Kier molecular flexibility index (Phi) is 5.13. The van der Waals surface area contributed by atoms with Gasteiger partial charge < -0.3 is 4.74 Å². The van der Waals surface area contributed by atoms with Crippen LogP contribution >= 0.6 is 15.9 Å². The zero-order chi connectivity index (χ0) is 13.1. The minimum absolute atomic E-state index is 0.0837. The Bertz CT molecular complexity index is 265. The van der Waals surface area contributed by atoms with Crippen LogP contribution in [0.5, 0.6) is 0 Å². The first-order valence-electron chi connectivity index (χ1n) is 7.45. The lowest BCUT2D eigenvalue weighted by molar-refractivity contribution is -0.0601. The predicted molar refractivity (Wildman–Crippen MR) is 80.4 cm³/mol. The van der Waals surface area contributed by atoms with E-state index in [-0.39, 0.29) is 5.60 Å². The van der Waals surface area contributed by atoms with E-state index >= 15 is 0 Å². The molecule has 1 saturated carbocycles. The average molecular weight is 318 g/mol. The van der Waals surface area contributed by atoms with Crippen molar-refractivity contribution < 1.29 is 4.74 Å². The second-order valence-corrected chi connectivity index (χ2v) is 7.22. The van der Waals surface area contributed by atoms with E-state index in [0.717, 1.165) is 6.54 Å². The highest BCUT2D eigenvalue weighted by atomic mass is 79.9. The van der Waals surface area contributed by atoms with Crippen molar-refractivity contribution in [2.24, 2.45) is 5.41 Å². The largest absolute Gasteiger partial charge is 0.377 e. The molecule has 0 N–H and O–H groups in total. The Balaban J connectivity index is 1.94. The average Bonchev–Trinajstić information content (AvgIpc) is 2.40. The molecule has 2 aliphatic rings. The van der Waals surface area contributed by atoms with Crippen molar-refractivity contribution >= 4 is 15.9 Å². The molecule has 0 spiro atoms. The topological polar surface area (TPSA) is 12.5 Å². The monoisotopic (exact) mass is 317 g/mol. The number of rotatable bonds is 4. The molecule has 0 aromatic carbocycles. The Morgan fingerprint density at radius 2 is 1.83 bits per heavy atom. The molecule has 0 aromatic rings. The van der Waals surface area contributed by atoms with E-state index < -0.39 is 0 Å². The van der Waals surface area contributed by atoms with Gasteiger partial charge in [0.25, 0.3) is 0 Å². The first kappa shape index (κ1) is 14.8. The molecule has 2 nitrogen and oxygen atoms in total. The molecule has 0 radical (unpaired) electrons. The summed E-state index contributed by atoms with van der Waals surface area (Å²) in [6, 6.07) is 0. The van der Waals surface area contributed by atoms with Gasteiger partial charge in [0.1, 0.15) is 0 Å². The fraction of sp³-hybridized carbons (Fsp3) is 1.00. The van der Waals surface area contributed by atoms with Gasteiger partial charge in [-0.1, -0.05) is 35.2 Å². The van der Waals surface area contributed by atoms with Gasteiger partial charge in [-0.15, -0.1) is 0 Å². The Labute approximate surface area is 121 Å². The highest BCUT2D eigenvalue weighted by Gasteiger charge is 2.37. The molecule has 18 heavy (non-hydrogen) atoms. The lowest BCUT2D eigenvalue weighted by Crippen LogP contribution is -2.51. The summed E-state index contributed by atoms with van der Waals surface area (Å²) >= 11 is 3.78. The van der Waals surface area contributed by atoms with Crippen LogP contribution in [0.2, 0.25) is 0 Å². The van der Waals surface area contributed by atoms with Gasteiger partial charge in [0.05, 0.1) is 5.60 Å². The minimum Gasteiger partial charge on any atom is -0.377 e. The molecule has 0 amide bonds. The van der Waals surface area contributed by atoms with Crippen LogP contribution in [0.1, 0.15) is 51.9 Å². The summed E-state index contributed by atoms with van der Waals surface area (Å²) in [5, 5.41) is 1.17. The van der Waals surface area contributed by atoms with Crippen LogP contribution in [0.25, 0.3) is 0 Å². The van der Waals surface area contributed by atoms with Crippen molar-refractivity contribution in [2.75, 3.05) is 32.1 Å². The fourth-order valence-corrected chi connectivity index (χ4v) is 4.46. The van der Waals surface area contributed by atoms with Crippen LogP contribution in [0.3, 0.4) is 0 Å². The maximum atomic E-state index is 5.71. The third-order valence-corrected chi connectivity index (χ3v) is 6.18. The first-order valence-corrected chi connectivity index (χ1v) is 8.57. The number of methoxy groups -OCH3 is 1. The van der Waals surface area contributed by atoms with E-state index in [0.29, 0.717) is 5.41 Å². The molecule has 3 heteroatoms.